The summed E-state index contributed by atoms with van der Waals surface area (Å²) in [6.45, 7) is 4.86. The Kier molecular flexibility index (Phi) is 2.95. The third-order valence-corrected chi connectivity index (χ3v) is 1.43. The van der Waals surface area contributed by atoms with E-state index in [-0.39, 0.29) is 0 Å². The molecule has 0 amide bonds. The zero-order valence-corrected chi connectivity index (χ0v) is 7.05. The first-order valence-electron chi connectivity index (χ1n) is 3.97. The van der Waals surface area contributed by atoms with Crippen molar-refractivity contribution >= 4 is 0 Å². The van der Waals surface area contributed by atoms with Gasteiger partial charge in [0, 0.05) is 11.8 Å². The largest absolute Gasteiger partial charge is 0.477 e. The van der Waals surface area contributed by atoms with Crippen LogP contribution < -0.4 is 4.74 Å². The molecule has 0 saturated carbocycles. The second kappa shape index (κ2) is 4.01. The third-order valence-electron chi connectivity index (χ3n) is 1.43. The fourth-order valence-electron chi connectivity index (χ4n) is 0.788. The Hall–Kier alpha value is -0.990. The summed E-state index contributed by atoms with van der Waals surface area (Å²) in [4.78, 5) is 0. The number of hydrogen-bond acceptors (Lipinski definition) is 2. The summed E-state index contributed by atoms with van der Waals surface area (Å²) < 4.78 is 5.32. The van der Waals surface area contributed by atoms with E-state index < -0.39 is 0 Å². The van der Waals surface area contributed by atoms with E-state index in [1.807, 2.05) is 13.0 Å². The lowest BCUT2D eigenvalue weighted by Crippen LogP contribution is -1.96. The number of rotatable bonds is 4. The number of unbranched alkanes of at least 4 members (excludes halogenated alkanes) is 1. The van der Waals surface area contributed by atoms with E-state index in [1.54, 1.807) is 0 Å². The number of ether oxygens (including phenoxy) is 1. The molecule has 0 radical (unpaired) electrons. The van der Waals surface area contributed by atoms with Crippen LogP contribution in [0.3, 0.4) is 0 Å². The Morgan fingerprint density at radius 3 is 3.00 bits per heavy atom. The van der Waals surface area contributed by atoms with E-state index in [0.717, 1.165) is 25.1 Å². The molecule has 1 N–H and O–H groups in total. The molecule has 3 nitrogen and oxygen atoms in total. The minimum absolute atomic E-state index is 0.705. The van der Waals surface area contributed by atoms with E-state index in [4.69, 9.17) is 4.74 Å². The summed E-state index contributed by atoms with van der Waals surface area (Å²) >= 11 is 0. The Labute approximate surface area is 66.8 Å². The van der Waals surface area contributed by atoms with Gasteiger partial charge in [-0.1, -0.05) is 13.3 Å². The molecule has 0 bridgehead atoms. The van der Waals surface area contributed by atoms with E-state index in [2.05, 4.69) is 17.1 Å². The highest BCUT2D eigenvalue weighted by atomic mass is 16.5. The summed E-state index contributed by atoms with van der Waals surface area (Å²) in [5.74, 6) is 0.705. The molecule has 0 aliphatic carbocycles. The number of hydrogen-bond donors (Lipinski definition) is 1. The van der Waals surface area contributed by atoms with E-state index in [0.29, 0.717) is 5.88 Å². The zero-order chi connectivity index (χ0) is 8.10. The van der Waals surface area contributed by atoms with Gasteiger partial charge in [-0.05, 0) is 13.3 Å². The van der Waals surface area contributed by atoms with Crippen LogP contribution in [-0.2, 0) is 0 Å². The highest BCUT2D eigenvalue weighted by molar-refractivity contribution is 5.11. The van der Waals surface area contributed by atoms with Gasteiger partial charge in [0.15, 0.2) is 0 Å². The molecule has 1 heterocycles. The van der Waals surface area contributed by atoms with Crippen molar-refractivity contribution in [3.8, 4) is 5.88 Å². The van der Waals surface area contributed by atoms with E-state index >= 15 is 0 Å². The van der Waals surface area contributed by atoms with Crippen molar-refractivity contribution in [3.63, 3.8) is 0 Å². The van der Waals surface area contributed by atoms with Crippen LogP contribution in [0.1, 0.15) is 25.5 Å². The minimum Gasteiger partial charge on any atom is -0.477 e. The maximum atomic E-state index is 5.32. The Morgan fingerprint density at radius 1 is 1.64 bits per heavy atom. The van der Waals surface area contributed by atoms with Crippen molar-refractivity contribution in [2.75, 3.05) is 6.61 Å². The summed E-state index contributed by atoms with van der Waals surface area (Å²) in [6, 6.07) is 1.90. The van der Waals surface area contributed by atoms with Gasteiger partial charge in [-0.3, -0.25) is 5.10 Å². The fraction of sp³-hybridized carbons (Fsp3) is 0.625. The number of H-pyrrole nitrogens is 1. The fourth-order valence-corrected chi connectivity index (χ4v) is 0.788. The van der Waals surface area contributed by atoms with Crippen molar-refractivity contribution in [2.45, 2.75) is 26.7 Å². The zero-order valence-electron chi connectivity index (χ0n) is 7.05. The number of aromatic amines is 1. The number of aryl methyl sites for hydroxylation is 1. The minimum atomic E-state index is 0.705. The van der Waals surface area contributed by atoms with Crippen LogP contribution in [0.4, 0.5) is 0 Å². The van der Waals surface area contributed by atoms with Crippen LogP contribution in [0.25, 0.3) is 0 Å². The van der Waals surface area contributed by atoms with Gasteiger partial charge in [0.2, 0.25) is 5.88 Å². The predicted molar refractivity (Wildman–Crippen MR) is 43.7 cm³/mol. The lowest BCUT2D eigenvalue weighted by molar-refractivity contribution is 0.297. The maximum Gasteiger partial charge on any atom is 0.232 e. The molecule has 11 heavy (non-hydrogen) atoms. The first kappa shape index (κ1) is 8.11. The Balaban J connectivity index is 2.27. The van der Waals surface area contributed by atoms with Crippen molar-refractivity contribution < 1.29 is 4.74 Å². The van der Waals surface area contributed by atoms with Gasteiger partial charge in [0.05, 0.1) is 6.61 Å². The standard InChI is InChI=1S/C8H14N2O/c1-3-4-5-11-8-6-7(2)9-10-8/h6H,3-5H2,1-2H3,(H,9,10). The van der Waals surface area contributed by atoms with Crippen molar-refractivity contribution in [3.05, 3.63) is 11.8 Å². The molecule has 0 spiro atoms. The highest BCUT2D eigenvalue weighted by Crippen LogP contribution is 2.06. The number of nitrogens with zero attached hydrogens (tertiary/aromatic N) is 1. The van der Waals surface area contributed by atoms with Gasteiger partial charge in [-0.15, -0.1) is 5.10 Å². The quantitative estimate of drug-likeness (QED) is 0.672. The maximum absolute atomic E-state index is 5.32. The Morgan fingerprint density at radius 2 is 2.45 bits per heavy atom. The lowest BCUT2D eigenvalue weighted by Gasteiger charge is -1.98. The summed E-state index contributed by atoms with van der Waals surface area (Å²) in [7, 11) is 0. The van der Waals surface area contributed by atoms with Crippen LogP contribution in [-0.4, -0.2) is 16.8 Å². The molecule has 0 aromatic carbocycles. The molecular formula is C8H14N2O. The molecule has 1 aromatic rings. The first-order chi connectivity index (χ1) is 5.33. The molecular weight excluding hydrogens is 140 g/mol. The lowest BCUT2D eigenvalue weighted by atomic mass is 10.4. The SMILES string of the molecule is CCCCOc1cc(C)[nH]n1. The average molecular weight is 154 g/mol. The van der Waals surface area contributed by atoms with E-state index in [1.165, 1.54) is 0 Å². The Bertz CT molecular complexity index is 208. The topological polar surface area (TPSA) is 37.9 Å². The molecule has 1 rings (SSSR count). The number of nitrogens with one attached hydrogen (secondary N) is 1. The molecule has 0 aliphatic rings. The smallest absolute Gasteiger partial charge is 0.232 e. The predicted octanol–water partition coefficient (Wildman–Crippen LogP) is 1.90. The first-order valence-corrected chi connectivity index (χ1v) is 3.97. The van der Waals surface area contributed by atoms with Crippen LogP contribution in [0, 0.1) is 6.92 Å². The van der Waals surface area contributed by atoms with E-state index in [9.17, 15) is 0 Å². The summed E-state index contributed by atoms with van der Waals surface area (Å²) in [5, 5.41) is 6.76. The molecule has 62 valence electrons. The van der Waals surface area contributed by atoms with Crippen LogP contribution in [0.5, 0.6) is 5.88 Å². The normalized spacial score (nSPS) is 10.0. The third kappa shape index (κ3) is 2.62. The molecule has 0 saturated heterocycles. The van der Waals surface area contributed by atoms with Gasteiger partial charge in [-0.25, -0.2) is 0 Å². The molecule has 0 atom stereocenters. The van der Waals surface area contributed by atoms with Gasteiger partial charge >= 0.3 is 0 Å². The van der Waals surface area contributed by atoms with Gasteiger partial charge in [0.1, 0.15) is 0 Å². The van der Waals surface area contributed by atoms with Crippen LogP contribution in [0.15, 0.2) is 6.07 Å². The van der Waals surface area contributed by atoms with Gasteiger partial charge in [-0.2, -0.15) is 0 Å². The molecule has 1 aromatic heterocycles. The van der Waals surface area contributed by atoms with Crippen molar-refractivity contribution in [1.29, 1.82) is 0 Å². The van der Waals surface area contributed by atoms with Crippen LogP contribution >= 0.6 is 0 Å². The molecule has 3 heteroatoms. The highest BCUT2D eigenvalue weighted by Gasteiger charge is 1.95. The second-order valence-electron chi connectivity index (χ2n) is 2.59. The molecule has 0 unspecified atom stereocenters. The monoisotopic (exact) mass is 154 g/mol. The van der Waals surface area contributed by atoms with Gasteiger partial charge < -0.3 is 4.74 Å². The molecule has 0 aliphatic heterocycles. The summed E-state index contributed by atoms with van der Waals surface area (Å²) in [6.07, 6.45) is 2.25. The number of aromatic nitrogens is 2. The van der Waals surface area contributed by atoms with Crippen LogP contribution in [0.2, 0.25) is 0 Å². The molecule has 0 fully saturated rings. The summed E-state index contributed by atoms with van der Waals surface area (Å²) in [5.41, 5.74) is 1.04. The van der Waals surface area contributed by atoms with Crippen molar-refractivity contribution in [2.24, 2.45) is 0 Å². The second-order valence-corrected chi connectivity index (χ2v) is 2.59. The van der Waals surface area contributed by atoms with Gasteiger partial charge in [0.25, 0.3) is 0 Å². The van der Waals surface area contributed by atoms with Crippen molar-refractivity contribution in [1.82, 2.24) is 10.2 Å². The average Bonchev–Trinajstić information content (AvgIpc) is 2.37.